The van der Waals surface area contributed by atoms with E-state index in [0.717, 1.165) is 32.6 Å². The maximum atomic E-state index is 11.8. The second-order valence-corrected chi connectivity index (χ2v) is 7.76. The van der Waals surface area contributed by atoms with E-state index in [2.05, 4.69) is 44.4 Å². The zero-order valence-electron chi connectivity index (χ0n) is 13.1. The van der Waals surface area contributed by atoms with Crippen molar-refractivity contribution in [3.05, 3.63) is 11.8 Å². The molecule has 0 aromatic heterocycles. The maximum absolute atomic E-state index is 11.8. The largest absolute Gasteiger partial charge is 0.372 e. The first-order valence-electron chi connectivity index (χ1n) is 7.41. The molecule has 3 nitrogen and oxygen atoms in total. The molecule has 0 unspecified atom stereocenters. The zero-order valence-corrected chi connectivity index (χ0v) is 13.1. The van der Waals surface area contributed by atoms with E-state index in [1.54, 1.807) is 0 Å². The summed E-state index contributed by atoms with van der Waals surface area (Å²) in [4.78, 5) is 16.8. The van der Waals surface area contributed by atoms with Crippen molar-refractivity contribution in [1.82, 2.24) is 9.80 Å². The van der Waals surface area contributed by atoms with E-state index in [0.29, 0.717) is 12.2 Å². The third kappa shape index (κ3) is 3.59. The van der Waals surface area contributed by atoms with Gasteiger partial charge in [0, 0.05) is 49.9 Å². The first-order valence-corrected chi connectivity index (χ1v) is 7.41. The Hall–Kier alpha value is -0.830. The van der Waals surface area contributed by atoms with Crippen LogP contribution in [0.4, 0.5) is 0 Å². The summed E-state index contributed by atoms with van der Waals surface area (Å²) < 4.78 is 0. The molecule has 19 heavy (non-hydrogen) atoms. The van der Waals surface area contributed by atoms with E-state index in [-0.39, 0.29) is 11.0 Å². The second kappa shape index (κ2) is 4.93. The van der Waals surface area contributed by atoms with Gasteiger partial charge in [-0.15, -0.1) is 0 Å². The molecule has 0 atom stereocenters. The Labute approximate surface area is 117 Å². The van der Waals surface area contributed by atoms with Crippen molar-refractivity contribution in [1.29, 1.82) is 0 Å². The van der Waals surface area contributed by atoms with E-state index in [9.17, 15) is 4.79 Å². The van der Waals surface area contributed by atoms with Crippen LogP contribution in [0.5, 0.6) is 0 Å². The van der Waals surface area contributed by atoms with Crippen LogP contribution in [0.3, 0.4) is 0 Å². The van der Waals surface area contributed by atoms with E-state index in [4.69, 9.17) is 0 Å². The fraction of sp³-hybridized carbons (Fsp3) is 0.812. The van der Waals surface area contributed by atoms with Crippen LogP contribution in [-0.4, -0.2) is 47.3 Å². The number of hydrogen-bond donors (Lipinski definition) is 0. The topological polar surface area (TPSA) is 23.6 Å². The molecule has 0 bridgehead atoms. The Morgan fingerprint density at radius 3 is 2.11 bits per heavy atom. The van der Waals surface area contributed by atoms with Crippen molar-refractivity contribution >= 4 is 5.78 Å². The van der Waals surface area contributed by atoms with Crippen molar-refractivity contribution in [2.75, 3.05) is 26.2 Å². The Bertz CT molecular complexity index is 382. The molecular formula is C16H28N2O. The van der Waals surface area contributed by atoms with Crippen molar-refractivity contribution < 1.29 is 4.79 Å². The molecular weight excluding hydrogens is 236 g/mol. The molecule has 2 aliphatic rings. The third-order valence-electron chi connectivity index (χ3n) is 4.27. The van der Waals surface area contributed by atoms with Gasteiger partial charge in [-0.2, -0.15) is 0 Å². The molecule has 1 aliphatic carbocycles. The Balaban J connectivity index is 2.00. The summed E-state index contributed by atoms with van der Waals surface area (Å²) >= 11 is 0. The van der Waals surface area contributed by atoms with E-state index in [1.165, 1.54) is 5.70 Å². The average Bonchev–Trinajstić information content (AvgIpc) is 2.25. The number of piperazine rings is 1. The van der Waals surface area contributed by atoms with Crippen LogP contribution in [-0.2, 0) is 4.79 Å². The van der Waals surface area contributed by atoms with Crippen LogP contribution in [0.2, 0.25) is 0 Å². The van der Waals surface area contributed by atoms with Crippen LogP contribution in [0, 0.1) is 5.41 Å². The van der Waals surface area contributed by atoms with Crippen LogP contribution >= 0.6 is 0 Å². The molecule has 0 radical (unpaired) electrons. The van der Waals surface area contributed by atoms with E-state index >= 15 is 0 Å². The minimum atomic E-state index is 0.127. The average molecular weight is 264 g/mol. The minimum Gasteiger partial charge on any atom is -0.372 e. The van der Waals surface area contributed by atoms with Crippen LogP contribution in [0.25, 0.3) is 0 Å². The van der Waals surface area contributed by atoms with Gasteiger partial charge in [0.2, 0.25) is 0 Å². The van der Waals surface area contributed by atoms with Gasteiger partial charge in [0.05, 0.1) is 0 Å². The van der Waals surface area contributed by atoms with E-state index in [1.807, 2.05) is 6.08 Å². The first kappa shape index (κ1) is 14.6. The molecule has 1 saturated heterocycles. The summed E-state index contributed by atoms with van der Waals surface area (Å²) in [6.45, 7) is 15.5. The van der Waals surface area contributed by atoms with Gasteiger partial charge in [-0.1, -0.05) is 13.8 Å². The van der Waals surface area contributed by atoms with Gasteiger partial charge in [0.15, 0.2) is 5.78 Å². The highest BCUT2D eigenvalue weighted by Gasteiger charge is 2.32. The van der Waals surface area contributed by atoms with Crippen LogP contribution < -0.4 is 0 Å². The zero-order chi connectivity index (χ0) is 14.3. The summed E-state index contributed by atoms with van der Waals surface area (Å²) in [6.07, 6.45) is 3.62. The minimum absolute atomic E-state index is 0.127. The molecule has 1 aliphatic heterocycles. The van der Waals surface area contributed by atoms with Crippen LogP contribution in [0.15, 0.2) is 11.8 Å². The van der Waals surface area contributed by atoms with E-state index < -0.39 is 0 Å². The fourth-order valence-corrected chi connectivity index (χ4v) is 3.18. The molecule has 1 fully saturated rings. The molecule has 108 valence electrons. The molecule has 0 spiro atoms. The van der Waals surface area contributed by atoms with Crippen molar-refractivity contribution in [3.63, 3.8) is 0 Å². The van der Waals surface area contributed by atoms with Crippen molar-refractivity contribution in [3.8, 4) is 0 Å². The standard InChI is InChI=1S/C16H28N2O/c1-15(2,3)18-8-6-17(7-9-18)13-10-14(19)12-16(4,5)11-13/h10H,6-9,11-12H2,1-5H3. The highest BCUT2D eigenvalue weighted by atomic mass is 16.1. The lowest BCUT2D eigenvalue weighted by Gasteiger charge is -2.45. The molecule has 0 aromatic rings. The molecule has 0 saturated carbocycles. The van der Waals surface area contributed by atoms with Gasteiger partial charge in [0.1, 0.15) is 0 Å². The summed E-state index contributed by atoms with van der Waals surface area (Å²) in [7, 11) is 0. The van der Waals surface area contributed by atoms with Gasteiger partial charge in [-0.3, -0.25) is 9.69 Å². The second-order valence-electron chi connectivity index (χ2n) is 7.76. The quantitative estimate of drug-likeness (QED) is 0.727. The van der Waals surface area contributed by atoms with Gasteiger partial charge >= 0.3 is 0 Å². The van der Waals surface area contributed by atoms with Crippen LogP contribution in [0.1, 0.15) is 47.5 Å². The molecule has 0 N–H and O–H groups in total. The lowest BCUT2D eigenvalue weighted by Crippen LogP contribution is -2.53. The molecule has 2 rings (SSSR count). The molecule has 0 amide bonds. The Morgan fingerprint density at radius 2 is 1.63 bits per heavy atom. The number of hydrogen-bond acceptors (Lipinski definition) is 3. The third-order valence-corrected chi connectivity index (χ3v) is 4.27. The number of carbonyl (C=O) groups excluding carboxylic acids is 1. The Kier molecular flexibility index (Phi) is 3.78. The highest BCUT2D eigenvalue weighted by molar-refractivity contribution is 5.91. The summed E-state index contributed by atoms with van der Waals surface area (Å²) in [5, 5.41) is 0. The number of allylic oxidation sites excluding steroid dienone is 2. The predicted molar refractivity (Wildman–Crippen MR) is 79.0 cm³/mol. The number of rotatable bonds is 1. The normalized spacial score (nSPS) is 25.4. The highest BCUT2D eigenvalue weighted by Crippen LogP contribution is 2.35. The lowest BCUT2D eigenvalue weighted by molar-refractivity contribution is -0.117. The van der Waals surface area contributed by atoms with Gasteiger partial charge in [-0.05, 0) is 32.6 Å². The number of nitrogens with zero attached hydrogens (tertiary/aromatic N) is 2. The summed E-state index contributed by atoms with van der Waals surface area (Å²) in [5.41, 5.74) is 1.64. The van der Waals surface area contributed by atoms with Gasteiger partial charge in [0.25, 0.3) is 0 Å². The smallest absolute Gasteiger partial charge is 0.157 e. The number of carbonyl (C=O) groups is 1. The molecule has 3 heteroatoms. The lowest BCUT2D eigenvalue weighted by atomic mass is 9.78. The summed E-state index contributed by atoms with van der Waals surface area (Å²) in [6, 6.07) is 0. The summed E-state index contributed by atoms with van der Waals surface area (Å²) in [5.74, 6) is 0.296. The predicted octanol–water partition coefficient (Wildman–Crippen LogP) is 2.68. The van der Waals surface area contributed by atoms with Crippen molar-refractivity contribution in [2.45, 2.75) is 53.0 Å². The molecule has 0 aromatic carbocycles. The molecule has 1 heterocycles. The SMILES string of the molecule is CC1(C)CC(=O)C=C(N2CCN(C(C)(C)C)CC2)C1. The number of ketones is 1. The van der Waals surface area contributed by atoms with Gasteiger partial charge in [-0.25, -0.2) is 0 Å². The first-order chi connectivity index (χ1) is 8.67. The van der Waals surface area contributed by atoms with Crippen molar-refractivity contribution in [2.24, 2.45) is 5.41 Å². The Morgan fingerprint density at radius 1 is 1.05 bits per heavy atom. The fourth-order valence-electron chi connectivity index (χ4n) is 3.18. The van der Waals surface area contributed by atoms with Gasteiger partial charge < -0.3 is 4.90 Å². The monoisotopic (exact) mass is 264 g/mol. The maximum Gasteiger partial charge on any atom is 0.157 e.